The molecule has 1 aliphatic carbocycles. The molecule has 0 unspecified atom stereocenters. The number of benzene rings is 2. The number of aryl methyl sites for hydroxylation is 2. The predicted molar refractivity (Wildman–Crippen MR) is 113 cm³/mol. The highest BCUT2D eigenvalue weighted by atomic mass is 16.5. The van der Waals surface area contributed by atoms with E-state index in [1.807, 2.05) is 51.1 Å². The Bertz CT molecular complexity index is 766. The molecule has 0 bridgehead atoms. The van der Waals surface area contributed by atoms with Crippen molar-refractivity contribution >= 4 is 11.6 Å². The molecule has 2 aromatic carbocycles. The summed E-state index contributed by atoms with van der Waals surface area (Å²) in [5.41, 5.74) is 3.28. The molecule has 0 heterocycles. The number of amides is 1. The van der Waals surface area contributed by atoms with Gasteiger partial charge in [-0.1, -0.05) is 49.6 Å². The van der Waals surface area contributed by atoms with E-state index in [0.29, 0.717) is 13.2 Å². The summed E-state index contributed by atoms with van der Waals surface area (Å²) in [6.45, 7) is 7.07. The number of carbonyl (C=O) groups excluding carboxylic acids is 1. The Labute approximate surface area is 168 Å². The van der Waals surface area contributed by atoms with Gasteiger partial charge in [-0.2, -0.15) is 0 Å². The van der Waals surface area contributed by atoms with Crippen molar-refractivity contribution in [2.75, 3.05) is 11.9 Å². The molecule has 150 valence electrons. The number of hydrogen-bond acceptors (Lipinski definition) is 3. The Kier molecular flexibility index (Phi) is 6.74. The molecule has 1 fully saturated rings. The highest BCUT2D eigenvalue weighted by Gasteiger charge is 2.40. The third-order valence-corrected chi connectivity index (χ3v) is 5.44. The maximum absolute atomic E-state index is 13.0. The molecule has 2 aromatic rings. The molecule has 3 rings (SSSR count). The van der Waals surface area contributed by atoms with E-state index >= 15 is 0 Å². The highest BCUT2D eigenvalue weighted by molar-refractivity contribution is 5.97. The van der Waals surface area contributed by atoms with Crippen LogP contribution in [0.4, 0.5) is 5.69 Å². The van der Waals surface area contributed by atoms with Crippen LogP contribution in [0.2, 0.25) is 0 Å². The van der Waals surface area contributed by atoms with Crippen molar-refractivity contribution in [3.8, 4) is 5.75 Å². The SMILES string of the molecule is CCOC1(C(=O)Nc2cc(C)c(OCc3ccccc3)c(C)c2)CCCCC1. The van der Waals surface area contributed by atoms with Gasteiger partial charge in [-0.3, -0.25) is 4.79 Å². The van der Waals surface area contributed by atoms with E-state index < -0.39 is 5.60 Å². The van der Waals surface area contributed by atoms with Crippen LogP contribution in [0.15, 0.2) is 42.5 Å². The standard InChI is InChI=1S/C24H31NO3/c1-4-28-24(13-9-6-10-14-24)23(26)25-21-15-18(2)22(19(3)16-21)27-17-20-11-7-5-8-12-20/h5,7-8,11-12,15-16H,4,6,9-10,13-14,17H2,1-3H3,(H,25,26). The summed E-state index contributed by atoms with van der Waals surface area (Å²) in [5, 5.41) is 3.10. The van der Waals surface area contributed by atoms with Crippen LogP contribution in [-0.2, 0) is 16.1 Å². The molecular weight excluding hydrogens is 350 g/mol. The quantitative estimate of drug-likeness (QED) is 0.683. The van der Waals surface area contributed by atoms with E-state index in [1.54, 1.807) is 0 Å². The lowest BCUT2D eigenvalue weighted by Crippen LogP contribution is -2.47. The summed E-state index contributed by atoms with van der Waals surface area (Å²) in [6, 6.07) is 14.1. The van der Waals surface area contributed by atoms with Gasteiger partial charge in [0.15, 0.2) is 0 Å². The lowest BCUT2D eigenvalue weighted by Gasteiger charge is -2.35. The smallest absolute Gasteiger partial charge is 0.256 e. The van der Waals surface area contributed by atoms with Crippen LogP contribution >= 0.6 is 0 Å². The van der Waals surface area contributed by atoms with Crippen LogP contribution in [0.5, 0.6) is 5.75 Å². The molecular formula is C24H31NO3. The van der Waals surface area contributed by atoms with E-state index in [9.17, 15) is 4.79 Å². The van der Waals surface area contributed by atoms with Crippen molar-refractivity contribution in [2.45, 2.75) is 65.1 Å². The van der Waals surface area contributed by atoms with Crippen molar-refractivity contribution in [1.82, 2.24) is 0 Å². The molecule has 1 N–H and O–H groups in total. The Morgan fingerprint density at radius 3 is 2.29 bits per heavy atom. The zero-order chi connectivity index (χ0) is 20.0. The second-order valence-corrected chi connectivity index (χ2v) is 7.66. The van der Waals surface area contributed by atoms with Crippen molar-refractivity contribution < 1.29 is 14.3 Å². The van der Waals surface area contributed by atoms with Crippen LogP contribution in [0.25, 0.3) is 0 Å². The number of anilines is 1. The first-order valence-corrected chi connectivity index (χ1v) is 10.3. The van der Waals surface area contributed by atoms with Crippen LogP contribution < -0.4 is 10.1 Å². The molecule has 0 radical (unpaired) electrons. The Morgan fingerprint density at radius 2 is 1.68 bits per heavy atom. The van der Waals surface area contributed by atoms with Crippen LogP contribution in [-0.4, -0.2) is 18.1 Å². The largest absolute Gasteiger partial charge is 0.488 e. The number of hydrogen-bond donors (Lipinski definition) is 1. The van der Waals surface area contributed by atoms with Gasteiger partial charge in [0.05, 0.1) is 0 Å². The number of ether oxygens (including phenoxy) is 2. The fourth-order valence-corrected chi connectivity index (χ4v) is 4.06. The molecule has 1 amide bonds. The summed E-state index contributed by atoms with van der Waals surface area (Å²) < 4.78 is 12.0. The average Bonchev–Trinajstić information content (AvgIpc) is 2.69. The Hall–Kier alpha value is -2.33. The molecule has 1 aliphatic rings. The Morgan fingerprint density at radius 1 is 1.04 bits per heavy atom. The number of carbonyl (C=O) groups is 1. The predicted octanol–water partition coefficient (Wildman–Crippen LogP) is 5.56. The third-order valence-electron chi connectivity index (χ3n) is 5.44. The molecule has 28 heavy (non-hydrogen) atoms. The van der Waals surface area contributed by atoms with Gasteiger partial charge in [0.2, 0.25) is 0 Å². The van der Waals surface area contributed by atoms with Gasteiger partial charge < -0.3 is 14.8 Å². The van der Waals surface area contributed by atoms with Gasteiger partial charge in [-0.15, -0.1) is 0 Å². The number of rotatable bonds is 7. The van der Waals surface area contributed by atoms with Crippen molar-refractivity contribution in [2.24, 2.45) is 0 Å². The van der Waals surface area contributed by atoms with Gasteiger partial charge in [0, 0.05) is 12.3 Å². The van der Waals surface area contributed by atoms with Gasteiger partial charge >= 0.3 is 0 Å². The van der Waals surface area contributed by atoms with E-state index in [-0.39, 0.29) is 5.91 Å². The minimum absolute atomic E-state index is 0.0224. The molecule has 0 aromatic heterocycles. The molecule has 0 atom stereocenters. The van der Waals surface area contributed by atoms with Crippen LogP contribution in [0.1, 0.15) is 55.7 Å². The van der Waals surface area contributed by atoms with Gasteiger partial charge in [0.1, 0.15) is 18.0 Å². The minimum atomic E-state index is -0.683. The maximum atomic E-state index is 13.0. The summed E-state index contributed by atoms with van der Waals surface area (Å²) >= 11 is 0. The Balaban J connectivity index is 1.71. The molecule has 0 aliphatic heterocycles. The van der Waals surface area contributed by atoms with Gasteiger partial charge in [-0.05, 0) is 62.4 Å². The van der Waals surface area contributed by atoms with Crippen LogP contribution in [0, 0.1) is 13.8 Å². The third kappa shape index (κ3) is 4.74. The summed E-state index contributed by atoms with van der Waals surface area (Å²) in [7, 11) is 0. The van der Waals surface area contributed by atoms with E-state index in [0.717, 1.165) is 53.8 Å². The lowest BCUT2D eigenvalue weighted by atomic mass is 9.83. The lowest BCUT2D eigenvalue weighted by molar-refractivity contribution is -0.145. The first-order valence-electron chi connectivity index (χ1n) is 10.3. The van der Waals surface area contributed by atoms with Crippen LogP contribution in [0.3, 0.4) is 0 Å². The highest BCUT2D eigenvalue weighted by Crippen LogP contribution is 2.34. The van der Waals surface area contributed by atoms with Gasteiger partial charge in [0.25, 0.3) is 5.91 Å². The molecule has 4 nitrogen and oxygen atoms in total. The fraction of sp³-hybridized carbons (Fsp3) is 0.458. The second kappa shape index (κ2) is 9.24. The van der Waals surface area contributed by atoms with Crippen molar-refractivity contribution in [1.29, 1.82) is 0 Å². The zero-order valence-corrected chi connectivity index (χ0v) is 17.2. The first kappa shape index (κ1) is 20.4. The normalized spacial score (nSPS) is 15.8. The van der Waals surface area contributed by atoms with E-state index in [4.69, 9.17) is 9.47 Å². The zero-order valence-electron chi connectivity index (χ0n) is 17.2. The monoisotopic (exact) mass is 381 g/mol. The maximum Gasteiger partial charge on any atom is 0.256 e. The second-order valence-electron chi connectivity index (χ2n) is 7.66. The molecule has 4 heteroatoms. The minimum Gasteiger partial charge on any atom is -0.488 e. The van der Waals surface area contributed by atoms with Crippen molar-refractivity contribution in [3.05, 3.63) is 59.2 Å². The average molecular weight is 382 g/mol. The first-order chi connectivity index (χ1) is 13.5. The molecule has 1 saturated carbocycles. The summed E-state index contributed by atoms with van der Waals surface area (Å²) in [6.07, 6.45) is 4.84. The van der Waals surface area contributed by atoms with E-state index in [2.05, 4.69) is 17.4 Å². The van der Waals surface area contributed by atoms with E-state index in [1.165, 1.54) is 6.42 Å². The number of nitrogens with one attached hydrogen (secondary N) is 1. The molecule has 0 spiro atoms. The summed E-state index contributed by atoms with van der Waals surface area (Å²) in [5.74, 6) is 0.852. The molecule has 0 saturated heterocycles. The topological polar surface area (TPSA) is 47.6 Å². The van der Waals surface area contributed by atoms with Gasteiger partial charge in [-0.25, -0.2) is 0 Å². The van der Waals surface area contributed by atoms with Crippen molar-refractivity contribution in [3.63, 3.8) is 0 Å². The summed E-state index contributed by atoms with van der Waals surface area (Å²) in [4.78, 5) is 13.0. The fourth-order valence-electron chi connectivity index (χ4n) is 4.06.